The molecule has 1 atom stereocenters. The van der Waals surface area contributed by atoms with Crippen LogP contribution in [0.15, 0.2) is 29.6 Å². The van der Waals surface area contributed by atoms with E-state index in [1.807, 2.05) is 30.5 Å². The summed E-state index contributed by atoms with van der Waals surface area (Å²) < 4.78 is 0. The number of rotatable bonds is 4. The van der Waals surface area contributed by atoms with Crippen molar-refractivity contribution in [3.63, 3.8) is 0 Å². The van der Waals surface area contributed by atoms with E-state index < -0.39 is 0 Å². The third-order valence-electron chi connectivity index (χ3n) is 4.17. The fourth-order valence-electron chi connectivity index (χ4n) is 3.01. The Labute approximate surface area is 140 Å². The Balaban J connectivity index is 1.61. The number of benzene rings is 1. The predicted molar refractivity (Wildman–Crippen MR) is 90.6 cm³/mol. The second-order valence-corrected chi connectivity index (χ2v) is 6.74. The average molecular weight is 331 g/mol. The van der Waals surface area contributed by atoms with Gasteiger partial charge in [-0.2, -0.15) is 0 Å². The number of aliphatic hydroxyl groups is 1. The Morgan fingerprint density at radius 2 is 2.30 bits per heavy atom. The highest BCUT2D eigenvalue weighted by atomic mass is 32.1. The average Bonchev–Trinajstić information content (AvgIpc) is 2.99. The normalized spacial score (nSPS) is 17.0. The number of hydrogen-bond acceptors (Lipinski definition) is 4. The van der Waals surface area contributed by atoms with Crippen molar-refractivity contribution in [2.75, 3.05) is 19.7 Å². The molecule has 2 amide bonds. The van der Waals surface area contributed by atoms with Crippen molar-refractivity contribution in [1.82, 2.24) is 15.2 Å². The highest BCUT2D eigenvalue weighted by molar-refractivity contribution is 7.09. The van der Waals surface area contributed by atoms with Gasteiger partial charge < -0.3 is 15.3 Å². The minimum absolute atomic E-state index is 0.0598. The Hall–Kier alpha value is -1.92. The van der Waals surface area contributed by atoms with Crippen molar-refractivity contribution in [2.45, 2.75) is 25.8 Å². The molecule has 2 heterocycles. The van der Waals surface area contributed by atoms with Gasteiger partial charge in [0.25, 0.3) is 0 Å². The molecule has 2 N–H and O–H groups in total. The molecule has 0 saturated heterocycles. The van der Waals surface area contributed by atoms with Crippen LogP contribution < -0.4 is 5.32 Å². The number of urea groups is 1. The van der Waals surface area contributed by atoms with Crippen LogP contribution in [0.3, 0.4) is 0 Å². The number of aliphatic hydroxyl groups excluding tert-OH is 1. The molecule has 6 heteroatoms. The second kappa shape index (κ2) is 7.10. The number of nitrogens with zero attached hydrogens (tertiary/aromatic N) is 2. The molecule has 5 nitrogen and oxygen atoms in total. The lowest BCUT2D eigenvalue weighted by Crippen LogP contribution is -2.47. The van der Waals surface area contributed by atoms with Crippen LogP contribution in [0.5, 0.6) is 0 Å². The van der Waals surface area contributed by atoms with E-state index in [2.05, 4.69) is 16.4 Å². The maximum atomic E-state index is 12.5. The fraction of sp³-hybridized carbons (Fsp3) is 0.412. The van der Waals surface area contributed by atoms with Crippen LogP contribution in [-0.2, 0) is 12.8 Å². The molecular formula is C17H21N3O2S. The predicted octanol–water partition coefficient (Wildman–Crippen LogP) is 2.30. The van der Waals surface area contributed by atoms with Gasteiger partial charge in [0.05, 0.1) is 23.4 Å². The molecule has 1 aromatic carbocycles. The Bertz CT molecular complexity index is 686. The number of hydrogen-bond donors (Lipinski definition) is 2. The highest BCUT2D eigenvalue weighted by Crippen LogP contribution is 2.29. The van der Waals surface area contributed by atoms with E-state index in [9.17, 15) is 9.90 Å². The molecule has 1 aromatic heterocycles. The molecule has 1 aliphatic heterocycles. The van der Waals surface area contributed by atoms with Gasteiger partial charge in [-0.25, -0.2) is 9.78 Å². The van der Waals surface area contributed by atoms with Crippen LogP contribution >= 0.6 is 11.3 Å². The van der Waals surface area contributed by atoms with Gasteiger partial charge in [-0.05, 0) is 24.5 Å². The number of amides is 2. The maximum absolute atomic E-state index is 12.5. The van der Waals surface area contributed by atoms with E-state index >= 15 is 0 Å². The summed E-state index contributed by atoms with van der Waals surface area (Å²) in [7, 11) is 0. The fourth-order valence-corrected chi connectivity index (χ4v) is 3.66. The number of carbonyl (C=O) groups excluding carboxylic acids is 1. The molecular weight excluding hydrogens is 310 g/mol. The second-order valence-electron chi connectivity index (χ2n) is 5.68. The summed E-state index contributed by atoms with van der Waals surface area (Å²) in [5.41, 5.74) is 3.27. The molecule has 0 spiro atoms. The number of aryl methyl sites for hydroxylation is 1. The highest BCUT2D eigenvalue weighted by Gasteiger charge is 2.29. The van der Waals surface area contributed by atoms with E-state index in [4.69, 9.17) is 0 Å². The van der Waals surface area contributed by atoms with E-state index in [0.717, 1.165) is 29.1 Å². The lowest BCUT2D eigenvalue weighted by Gasteiger charge is -2.36. The summed E-state index contributed by atoms with van der Waals surface area (Å²) in [6.45, 7) is 3.10. The van der Waals surface area contributed by atoms with Gasteiger partial charge in [0.1, 0.15) is 0 Å². The first kappa shape index (κ1) is 16.0. The minimum Gasteiger partial charge on any atom is -0.394 e. The van der Waals surface area contributed by atoms with Crippen LogP contribution in [0.25, 0.3) is 0 Å². The first-order valence-electron chi connectivity index (χ1n) is 7.83. The molecule has 3 rings (SSSR count). The molecule has 0 bridgehead atoms. The summed E-state index contributed by atoms with van der Waals surface area (Å²) in [5, 5.41) is 15.7. The Kier molecular flexibility index (Phi) is 4.93. The molecule has 2 aromatic rings. The van der Waals surface area contributed by atoms with Crippen LogP contribution in [-0.4, -0.2) is 40.7 Å². The summed E-state index contributed by atoms with van der Waals surface area (Å²) in [6, 6.07) is 7.63. The Morgan fingerprint density at radius 1 is 1.48 bits per heavy atom. The zero-order valence-corrected chi connectivity index (χ0v) is 14.0. The van der Waals surface area contributed by atoms with E-state index in [1.165, 1.54) is 5.56 Å². The third-order valence-corrected chi connectivity index (χ3v) is 4.99. The molecule has 1 aliphatic rings. The number of aromatic nitrogens is 1. The van der Waals surface area contributed by atoms with Gasteiger partial charge >= 0.3 is 6.03 Å². The van der Waals surface area contributed by atoms with Crippen LogP contribution in [0.1, 0.15) is 27.9 Å². The lowest BCUT2D eigenvalue weighted by atomic mass is 9.93. The lowest BCUT2D eigenvalue weighted by molar-refractivity contribution is 0.127. The zero-order valence-electron chi connectivity index (χ0n) is 13.2. The molecule has 0 radical (unpaired) electrons. The first-order valence-corrected chi connectivity index (χ1v) is 8.71. The SMILES string of the molecule is Cc1nc(CCNC(=O)N2CCc3ccccc3C2CO)cs1. The van der Waals surface area contributed by atoms with Crippen molar-refractivity contribution in [1.29, 1.82) is 0 Å². The largest absolute Gasteiger partial charge is 0.394 e. The van der Waals surface area contributed by atoms with Gasteiger partial charge in [-0.15, -0.1) is 11.3 Å². The van der Waals surface area contributed by atoms with Crippen molar-refractivity contribution in [3.8, 4) is 0 Å². The van der Waals surface area contributed by atoms with E-state index in [0.29, 0.717) is 13.1 Å². The van der Waals surface area contributed by atoms with Crippen molar-refractivity contribution in [2.24, 2.45) is 0 Å². The molecule has 0 aliphatic carbocycles. The molecule has 23 heavy (non-hydrogen) atoms. The van der Waals surface area contributed by atoms with Crippen molar-refractivity contribution < 1.29 is 9.90 Å². The number of carbonyl (C=O) groups is 1. The monoisotopic (exact) mass is 331 g/mol. The van der Waals surface area contributed by atoms with Crippen LogP contribution in [0.2, 0.25) is 0 Å². The standard InChI is InChI=1S/C17H21N3O2S/c1-12-19-14(11-23-12)6-8-18-17(22)20-9-7-13-4-2-3-5-15(13)16(20)10-21/h2-5,11,16,21H,6-10H2,1H3,(H,18,22). The molecule has 0 fully saturated rings. The summed E-state index contributed by atoms with van der Waals surface area (Å²) in [5.74, 6) is 0. The van der Waals surface area contributed by atoms with E-state index in [-0.39, 0.29) is 18.7 Å². The van der Waals surface area contributed by atoms with Gasteiger partial charge in [0.2, 0.25) is 0 Å². The third kappa shape index (κ3) is 3.54. The maximum Gasteiger partial charge on any atom is 0.318 e. The van der Waals surface area contributed by atoms with Crippen LogP contribution in [0, 0.1) is 6.92 Å². The number of nitrogens with one attached hydrogen (secondary N) is 1. The summed E-state index contributed by atoms with van der Waals surface area (Å²) in [6.07, 6.45) is 1.55. The molecule has 122 valence electrons. The molecule has 1 unspecified atom stereocenters. The van der Waals surface area contributed by atoms with Gasteiger partial charge in [-0.1, -0.05) is 24.3 Å². The summed E-state index contributed by atoms with van der Waals surface area (Å²) >= 11 is 1.62. The topological polar surface area (TPSA) is 65.5 Å². The summed E-state index contributed by atoms with van der Waals surface area (Å²) in [4.78, 5) is 18.6. The van der Waals surface area contributed by atoms with E-state index in [1.54, 1.807) is 16.2 Å². The van der Waals surface area contributed by atoms with Gasteiger partial charge in [0, 0.05) is 24.9 Å². The first-order chi connectivity index (χ1) is 11.2. The molecule has 0 saturated carbocycles. The van der Waals surface area contributed by atoms with Crippen LogP contribution in [0.4, 0.5) is 4.79 Å². The Morgan fingerprint density at radius 3 is 3.04 bits per heavy atom. The van der Waals surface area contributed by atoms with Gasteiger partial charge in [-0.3, -0.25) is 0 Å². The van der Waals surface area contributed by atoms with Gasteiger partial charge in [0.15, 0.2) is 0 Å². The van der Waals surface area contributed by atoms with Crippen molar-refractivity contribution >= 4 is 17.4 Å². The minimum atomic E-state index is -0.263. The number of thiazole rings is 1. The number of fused-ring (bicyclic) bond motifs is 1. The van der Waals surface area contributed by atoms with Crippen molar-refractivity contribution in [3.05, 3.63) is 51.5 Å². The zero-order chi connectivity index (χ0) is 16.2. The quantitative estimate of drug-likeness (QED) is 0.903. The smallest absolute Gasteiger partial charge is 0.318 e.